The monoisotopic (exact) mass is 243 g/mol. The summed E-state index contributed by atoms with van der Waals surface area (Å²) in [6.07, 6.45) is 1.87. The Kier molecular flexibility index (Phi) is 4.78. The lowest BCUT2D eigenvalue weighted by Crippen LogP contribution is -1.91. The van der Waals surface area contributed by atoms with Gasteiger partial charge in [0.25, 0.3) is 0 Å². The molecule has 0 aromatic heterocycles. The van der Waals surface area contributed by atoms with E-state index >= 15 is 0 Å². The molecule has 0 aliphatic rings. The number of hydrogen-bond donors (Lipinski definition) is 0. The summed E-state index contributed by atoms with van der Waals surface area (Å²) in [5.41, 5.74) is 4.39. The van der Waals surface area contributed by atoms with Crippen LogP contribution in [0.4, 0.5) is 4.39 Å². The first kappa shape index (κ1) is 14.1. The number of rotatable bonds is 4. The molecule has 1 aromatic carbocycles. The highest BCUT2D eigenvalue weighted by Crippen LogP contribution is 2.16. The summed E-state index contributed by atoms with van der Waals surface area (Å²) in [7, 11) is 0. The molecule has 2 heteroatoms. The van der Waals surface area contributed by atoms with Crippen molar-refractivity contribution in [3.05, 3.63) is 66.2 Å². The van der Waals surface area contributed by atoms with Crippen LogP contribution >= 0.6 is 0 Å². The van der Waals surface area contributed by atoms with E-state index in [9.17, 15) is 4.39 Å². The zero-order valence-electron chi connectivity index (χ0n) is 11.1. The lowest BCUT2D eigenvalue weighted by atomic mass is 10.1. The van der Waals surface area contributed by atoms with Crippen molar-refractivity contribution in [2.45, 2.75) is 20.8 Å². The molecular weight excluding hydrogens is 225 g/mol. The molecule has 1 nitrogen and oxygen atoms in total. The maximum atomic E-state index is 12.8. The van der Waals surface area contributed by atoms with E-state index in [1.54, 1.807) is 12.1 Å². The molecule has 1 rings (SSSR count). The molecule has 0 N–H and O–H groups in total. The summed E-state index contributed by atoms with van der Waals surface area (Å²) in [5.74, 6) is -0.247. The second-order valence-corrected chi connectivity index (χ2v) is 4.30. The molecule has 0 bridgehead atoms. The SMILES string of the molecule is C=C(C)C(C)=N/C(C)=C\C(=C)c1ccc(F)cc1. The highest BCUT2D eigenvalue weighted by atomic mass is 19.1. The predicted molar refractivity (Wildman–Crippen MR) is 77.1 cm³/mol. The molecule has 0 radical (unpaired) electrons. The van der Waals surface area contributed by atoms with Gasteiger partial charge in [0, 0.05) is 11.4 Å². The van der Waals surface area contributed by atoms with E-state index in [0.717, 1.165) is 28.1 Å². The van der Waals surface area contributed by atoms with Crippen LogP contribution < -0.4 is 0 Å². The molecule has 0 unspecified atom stereocenters. The van der Waals surface area contributed by atoms with Crippen LogP contribution in [-0.4, -0.2) is 5.71 Å². The summed E-state index contributed by atoms with van der Waals surface area (Å²) < 4.78 is 12.8. The standard InChI is InChI=1S/C16H18FN/c1-11(2)14(5)18-13(4)10-12(3)15-6-8-16(17)9-7-15/h6-10H,1,3H2,2,4-5H3/b13-10-,18-14?. The van der Waals surface area contributed by atoms with Crippen molar-refractivity contribution >= 4 is 11.3 Å². The minimum absolute atomic E-state index is 0.247. The number of hydrogen-bond acceptors (Lipinski definition) is 1. The first-order valence-electron chi connectivity index (χ1n) is 5.74. The van der Waals surface area contributed by atoms with Gasteiger partial charge in [0.2, 0.25) is 0 Å². The van der Waals surface area contributed by atoms with Gasteiger partial charge in [0.15, 0.2) is 0 Å². The Bertz CT molecular complexity index is 519. The van der Waals surface area contributed by atoms with Gasteiger partial charge in [-0.3, -0.25) is 4.99 Å². The Hall–Kier alpha value is -1.96. The van der Waals surface area contributed by atoms with Gasteiger partial charge in [-0.2, -0.15) is 0 Å². The molecular formula is C16H18FN. The zero-order valence-corrected chi connectivity index (χ0v) is 11.1. The van der Waals surface area contributed by atoms with Gasteiger partial charge in [0.1, 0.15) is 5.82 Å². The molecule has 18 heavy (non-hydrogen) atoms. The molecule has 0 amide bonds. The van der Waals surface area contributed by atoms with Gasteiger partial charge in [-0.05, 0) is 55.7 Å². The lowest BCUT2D eigenvalue weighted by molar-refractivity contribution is 0.627. The van der Waals surface area contributed by atoms with Crippen molar-refractivity contribution in [3.8, 4) is 0 Å². The van der Waals surface area contributed by atoms with Crippen LogP contribution in [0, 0.1) is 5.82 Å². The maximum absolute atomic E-state index is 12.8. The van der Waals surface area contributed by atoms with Crippen LogP contribution in [0.15, 0.2) is 59.8 Å². The number of nitrogens with zero attached hydrogens (tertiary/aromatic N) is 1. The summed E-state index contributed by atoms with van der Waals surface area (Å²) in [4.78, 5) is 4.40. The van der Waals surface area contributed by atoms with Crippen LogP contribution in [0.3, 0.4) is 0 Å². The Labute approximate surface area is 108 Å². The van der Waals surface area contributed by atoms with Gasteiger partial charge < -0.3 is 0 Å². The van der Waals surface area contributed by atoms with Crippen LogP contribution in [-0.2, 0) is 0 Å². The fourth-order valence-electron chi connectivity index (χ4n) is 1.39. The third kappa shape index (κ3) is 4.13. The van der Waals surface area contributed by atoms with E-state index in [1.807, 2.05) is 26.8 Å². The number of allylic oxidation sites excluding steroid dienone is 4. The van der Waals surface area contributed by atoms with Crippen LogP contribution in [0.1, 0.15) is 26.3 Å². The summed E-state index contributed by atoms with van der Waals surface area (Å²) in [6, 6.07) is 6.26. The van der Waals surface area contributed by atoms with E-state index in [-0.39, 0.29) is 5.82 Å². The average Bonchev–Trinajstić information content (AvgIpc) is 2.29. The quantitative estimate of drug-likeness (QED) is 0.533. The van der Waals surface area contributed by atoms with E-state index in [0.29, 0.717) is 0 Å². The highest BCUT2D eigenvalue weighted by molar-refractivity contribution is 5.97. The van der Waals surface area contributed by atoms with Crippen LogP contribution in [0.5, 0.6) is 0 Å². The summed E-state index contributed by atoms with van der Waals surface area (Å²) in [5, 5.41) is 0. The van der Waals surface area contributed by atoms with Gasteiger partial charge in [0.05, 0.1) is 0 Å². The smallest absolute Gasteiger partial charge is 0.123 e. The van der Waals surface area contributed by atoms with E-state index < -0.39 is 0 Å². The zero-order chi connectivity index (χ0) is 13.7. The first-order valence-corrected chi connectivity index (χ1v) is 5.74. The molecule has 0 aliphatic heterocycles. The van der Waals surface area contributed by atoms with Gasteiger partial charge in [-0.25, -0.2) is 4.39 Å². The molecule has 0 fully saturated rings. The molecule has 0 heterocycles. The van der Waals surface area contributed by atoms with Crippen LogP contribution in [0.25, 0.3) is 5.57 Å². The van der Waals surface area contributed by atoms with Crippen molar-refractivity contribution in [3.63, 3.8) is 0 Å². The Morgan fingerprint density at radius 1 is 1.11 bits per heavy atom. The summed E-state index contributed by atoms with van der Waals surface area (Å²) in [6.45, 7) is 13.5. The normalized spacial score (nSPS) is 12.4. The van der Waals surface area contributed by atoms with E-state index in [1.165, 1.54) is 12.1 Å². The molecule has 0 saturated heterocycles. The number of aliphatic imine (C=N–C) groups is 1. The topological polar surface area (TPSA) is 12.4 Å². The third-order valence-electron chi connectivity index (χ3n) is 2.56. The first-order chi connectivity index (χ1) is 8.40. The molecule has 0 aliphatic carbocycles. The van der Waals surface area contributed by atoms with Gasteiger partial charge in [-0.1, -0.05) is 25.3 Å². The van der Waals surface area contributed by atoms with E-state index in [2.05, 4.69) is 18.2 Å². The largest absolute Gasteiger partial charge is 0.258 e. The third-order valence-corrected chi connectivity index (χ3v) is 2.56. The Balaban J connectivity index is 2.89. The second kappa shape index (κ2) is 6.10. The Morgan fingerprint density at radius 2 is 1.67 bits per heavy atom. The van der Waals surface area contributed by atoms with Crippen molar-refractivity contribution in [1.29, 1.82) is 0 Å². The fourth-order valence-corrected chi connectivity index (χ4v) is 1.39. The van der Waals surface area contributed by atoms with Gasteiger partial charge in [-0.15, -0.1) is 0 Å². The minimum atomic E-state index is -0.247. The minimum Gasteiger partial charge on any atom is -0.258 e. The fraction of sp³-hybridized carbons (Fsp3) is 0.188. The average molecular weight is 243 g/mol. The van der Waals surface area contributed by atoms with Crippen molar-refractivity contribution in [2.24, 2.45) is 4.99 Å². The second-order valence-electron chi connectivity index (χ2n) is 4.30. The van der Waals surface area contributed by atoms with Crippen molar-refractivity contribution in [2.75, 3.05) is 0 Å². The van der Waals surface area contributed by atoms with Crippen LogP contribution in [0.2, 0.25) is 0 Å². The van der Waals surface area contributed by atoms with Crippen molar-refractivity contribution in [1.82, 2.24) is 0 Å². The van der Waals surface area contributed by atoms with Gasteiger partial charge >= 0.3 is 0 Å². The Morgan fingerprint density at radius 3 is 2.17 bits per heavy atom. The number of benzene rings is 1. The van der Waals surface area contributed by atoms with Crippen molar-refractivity contribution < 1.29 is 4.39 Å². The number of halogens is 1. The van der Waals surface area contributed by atoms with E-state index in [4.69, 9.17) is 0 Å². The molecule has 0 saturated carbocycles. The molecule has 94 valence electrons. The summed E-state index contributed by atoms with van der Waals surface area (Å²) >= 11 is 0. The highest BCUT2D eigenvalue weighted by Gasteiger charge is 1.98. The predicted octanol–water partition coefficient (Wildman–Crippen LogP) is 4.78. The molecule has 0 spiro atoms. The molecule has 1 aromatic rings. The lowest BCUT2D eigenvalue weighted by Gasteiger charge is -2.03. The molecule has 0 atom stereocenters. The maximum Gasteiger partial charge on any atom is 0.123 e.